The highest BCUT2D eigenvalue weighted by atomic mass is 79.9. The van der Waals surface area contributed by atoms with Crippen molar-refractivity contribution in [1.29, 1.82) is 0 Å². The Bertz CT molecular complexity index is 1340. The lowest BCUT2D eigenvalue weighted by Gasteiger charge is -2.39. The van der Waals surface area contributed by atoms with Gasteiger partial charge < -0.3 is 34.4 Å². The van der Waals surface area contributed by atoms with Gasteiger partial charge in [-0.05, 0) is 25.3 Å². The van der Waals surface area contributed by atoms with E-state index < -0.39 is 59.5 Å². The Hall–Kier alpha value is -3.10. The van der Waals surface area contributed by atoms with Crippen molar-refractivity contribution in [3.63, 3.8) is 0 Å². The fraction of sp³-hybridized carbons (Fsp3) is 0.600. The van der Waals surface area contributed by atoms with Crippen LogP contribution in [0.25, 0.3) is 0 Å². The number of hydrogen-bond donors (Lipinski definition) is 2. The molecule has 0 aliphatic carbocycles. The van der Waals surface area contributed by atoms with Crippen LogP contribution in [0.2, 0.25) is 0 Å². The number of carbonyl (C=O) groups is 4. The van der Waals surface area contributed by atoms with Crippen molar-refractivity contribution >= 4 is 39.6 Å². The maximum Gasteiger partial charge on any atom is 0.306 e. The van der Waals surface area contributed by atoms with Gasteiger partial charge in [-0.25, -0.2) is 0 Å². The summed E-state index contributed by atoms with van der Waals surface area (Å²) in [6, 6.07) is 6.76. The summed E-state index contributed by atoms with van der Waals surface area (Å²) in [5.74, 6) is -3.40. The summed E-state index contributed by atoms with van der Waals surface area (Å²) in [4.78, 5) is 60.7. The molecule has 1 unspecified atom stereocenters. The normalized spacial score (nSPS) is 29.2. The van der Waals surface area contributed by atoms with Crippen LogP contribution in [0.4, 0.5) is 0 Å². The Labute approximate surface area is 290 Å². The smallest absolute Gasteiger partial charge is 0.306 e. The molecule has 1 aromatic rings. The highest BCUT2D eigenvalue weighted by Crippen LogP contribution is 2.60. The number of amides is 3. The van der Waals surface area contributed by atoms with Crippen LogP contribution in [0.15, 0.2) is 55.6 Å². The number of aliphatic hydroxyl groups is 1. The van der Waals surface area contributed by atoms with E-state index in [0.717, 1.165) is 18.7 Å². The maximum atomic E-state index is 14.6. The molecule has 0 saturated carbocycles. The second-order valence-electron chi connectivity index (χ2n) is 12.9. The number of nitrogens with zero attached hydrogens (tertiary/aromatic N) is 3. The molecular formula is C35H47BrN4O8. The first-order valence-corrected chi connectivity index (χ1v) is 17.6. The molecule has 2 N–H and O–H groups in total. The molecule has 48 heavy (non-hydrogen) atoms. The van der Waals surface area contributed by atoms with Crippen molar-refractivity contribution in [3.05, 3.63) is 61.2 Å². The number of ether oxygens (including phenoxy) is 3. The van der Waals surface area contributed by atoms with Crippen molar-refractivity contribution in [3.8, 4) is 0 Å². The number of esters is 1. The molecule has 2 bridgehead atoms. The number of rotatable bonds is 16. The number of alkyl halides is 1. The van der Waals surface area contributed by atoms with Crippen molar-refractivity contribution in [1.82, 2.24) is 20.0 Å². The highest BCUT2D eigenvalue weighted by Gasteiger charge is 2.77. The highest BCUT2D eigenvalue weighted by molar-refractivity contribution is 9.09. The molecule has 0 aromatic heterocycles. The number of hydrogen-bond acceptors (Lipinski definition) is 9. The van der Waals surface area contributed by atoms with Gasteiger partial charge in [-0.15, -0.1) is 13.2 Å². The van der Waals surface area contributed by atoms with Crippen molar-refractivity contribution < 1.29 is 38.5 Å². The van der Waals surface area contributed by atoms with Gasteiger partial charge >= 0.3 is 5.97 Å². The molecular weight excluding hydrogens is 684 g/mol. The molecule has 0 radical (unpaired) electrons. The molecule has 13 heteroatoms. The van der Waals surface area contributed by atoms with E-state index in [1.165, 1.54) is 4.90 Å². The third-order valence-electron chi connectivity index (χ3n) is 9.94. The van der Waals surface area contributed by atoms with E-state index in [9.17, 15) is 24.3 Å². The number of carbonyl (C=O) groups excluding carboxylic acids is 4. The third kappa shape index (κ3) is 7.25. The number of aliphatic hydroxyl groups excluding tert-OH is 1. The van der Waals surface area contributed by atoms with Crippen molar-refractivity contribution in [2.45, 2.75) is 60.8 Å². The summed E-state index contributed by atoms with van der Waals surface area (Å²) >= 11 is 3.72. The van der Waals surface area contributed by atoms with Gasteiger partial charge in [-0.2, -0.15) is 0 Å². The topological polar surface area (TPSA) is 138 Å². The van der Waals surface area contributed by atoms with E-state index in [1.807, 2.05) is 30.3 Å². The monoisotopic (exact) mass is 730 g/mol. The zero-order valence-corrected chi connectivity index (χ0v) is 29.1. The van der Waals surface area contributed by atoms with Crippen LogP contribution >= 0.6 is 15.9 Å². The van der Waals surface area contributed by atoms with E-state index >= 15 is 0 Å². The minimum Gasteiger partial charge on any atom is -0.463 e. The Morgan fingerprint density at radius 3 is 2.60 bits per heavy atom. The molecule has 4 aliphatic rings. The molecule has 5 rings (SSSR count). The van der Waals surface area contributed by atoms with E-state index in [-0.39, 0.29) is 36.9 Å². The summed E-state index contributed by atoms with van der Waals surface area (Å²) < 4.78 is 17.7. The van der Waals surface area contributed by atoms with Crippen LogP contribution in [0.5, 0.6) is 0 Å². The number of allylic oxidation sites excluding steroid dienone is 1. The van der Waals surface area contributed by atoms with Crippen molar-refractivity contribution in [2.75, 3.05) is 59.2 Å². The van der Waals surface area contributed by atoms with Crippen LogP contribution in [-0.4, -0.2) is 131 Å². The molecule has 4 saturated heterocycles. The number of fused-ring (bicyclic) bond motifs is 1. The number of morpholine rings is 1. The van der Waals surface area contributed by atoms with Crippen LogP contribution in [0.1, 0.15) is 37.8 Å². The molecule has 262 valence electrons. The molecule has 4 fully saturated rings. The summed E-state index contributed by atoms with van der Waals surface area (Å²) in [6.45, 7) is 12.8. The number of halogens is 1. The minimum absolute atomic E-state index is 0.0973. The van der Waals surface area contributed by atoms with E-state index in [4.69, 9.17) is 14.2 Å². The van der Waals surface area contributed by atoms with Gasteiger partial charge in [0.05, 0.1) is 49.8 Å². The van der Waals surface area contributed by atoms with Crippen LogP contribution < -0.4 is 5.32 Å². The van der Waals surface area contributed by atoms with Gasteiger partial charge in [-0.3, -0.25) is 24.1 Å². The fourth-order valence-electron chi connectivity index (χ4n) is 7.56. The molecule has 4 heterocycles. The molecule has 12 nitrogen and oxygen atoms in total. The SMILES string of the molecule is C=CCCC(=O)OC[C@H](NC(=O)[C@@H]1[C@H]2O[C@@]3(CC2Br)[C@H](C(=O)N(CC=C)CCN2CCOCC2)N([C@H](C)CO)C(=O)[C@@H]13)c1ccccc1. The average molecular weight is 732 g/mol. The third-order valence-corrected chi connectivity index (χ3v) is 10.8. The number of likely N-dealkylation sites (tertiary alicyclic amines) is 1. The van der Waals surface area contributed by atoms with Gasteiger partial charge in [0.15, 0.2) is 0 Å². The van der Waals surface area contributed by atoms with E-state index in [2.05, 4.69) is 39.3 Å². The Morgan fingerprint density at radius 1 is 1.21 bits per heavy atom. The lowest BCUT2D eigenvalue weighted by Crippen LogP contribution is -2.59. The van der Waals surface area contributed by atoms with Crippen molar-refractivity contribution in [2.24, 2.45) is 11.8 Å². The molecule has 8 atom stereocenters. The number of nitrogens with one attached hydrogen (secondary N) is 1. The lowest BCUT2D eigenvalue weighted by atomic mass is 9.70. The van der Waals surface area contributed by atoms with Gasteiger partial charge in [0.25, 0.3) is 0 Å². The molecule has 1 aromatic carbocycles. The minimum atomic E-state index is -1.28. The Balaban J connectivity index is 1.42. The van der Waals surface area contributed by atoms with Gasteiger partial charge in [0.1, 0.15) is 18.2 Å². The zero-order valence-electron chi connectivity index (χ0n) is 27.5. The van der Waals surface area contributed by atoms with Gasteiger partial charge in [-0.1, -0.05) is 58.4 Å². The summed E-state index contributed by atoms with van der Waals surface area (Å²) in [7, 11) is 0. The lowest BCUT2D eigenvalue weighted by molar-refractivity contribution is -0.151. The zero-order chi connectivity index (χ0) is 34.4. The van der Waals surface area contributed by atoms with E-state index in [1.54, 1.807) is 24.0 Å². The van der Waals surface area contributed by atoms with Gasteiger partial charge in [0, 0.05) is 44.0 Å². The van der Waals surface area contributed by atoms with Gasteiger partial charge in [0.2, 0.25) is 17.7 Å². The Morgan fingerprint density at radius 2 is 1.94 bits per heavy atom. The fourth-order valence-corrected chi connectivity index (χ4v) is 8.50. The predicted octanol–water partition coefficient (Wildman–Crippen LogP) is 1.83. The molecule has 1 spiro atoms. The first-order valence-electron chi connectivity index (χ1n) is 16.7. The first kappa shape index (κ1) is 36.2. The summed E-state index contributed by atoms with van der Waals surface area (Å²) in [5, 5.41) is 13.3. The van der Waals surface area contributed by atoms with Crippen LogP contribution in [-0.2, 0) is 33.4 Å². The maximum absolute atomic E-state index is 14.6. The summed E-state index contributed by atoms with van der Waals surface area (Å²) in [6.07, 6.45) is 3.61. The largest absolute Gasteiger partial charge is 0.463 e. The summed E-state index contributed by atoms with van der Waals surface area (Å²) in [5.41, 5.74) is -0.547. The number of benzene rings is 1. The predicted molar refractivity (Wildman–Crippen MR) is 181 cm³/mol. The van der Waals surface area contributed by atoms with Crippen LogP contribution in [0, 0.1) is 11.8 Å². The average Bonchev–Trinajstić information content (AvgIpc) is 3.70. The first-order chi connectivity index (χ1) is 23.2. The second-order valence-corrected chi connectivity index (χ2v) is 14.1. The van der Waals surface area contributed by atoms with E-state index in [0.29, 0.717) is 39.1 Å². The molecule has 3 amide bonds. The Kier molecular flexibility index (Phi) is 12.1. The second kappa shape index (κ2) is 16.1. The molecule has 4 aliphatic heterocycles. The quantitative estimate of drug-likeness (QED) is 0.148. The van der Waals surface area contributed by atoms with Crippen LogP contribution in [0.3, 0.4) is 0 Å². The standard InChI is InChI=1S/C35H47BrN4O8/c1-4-6-12-27(42)47-22-26(24-10-8-7-9-11-24)37-32(43)28-29-33(44)40(23(3)21-41)31(35(29)20-25(36)30(28)48-35)34(45)39(13-5-2)15-14-38-16-18-46-19-17-38/h4-5,7-11,23,25-26,28-31,41H,1-2,6,12-22H2,3H3,(H,37,43)/t23-,25?,26+,28+,29-,30+,31+,35-/m1/s1.